The molecule has 142 valence electrons. The molecular weight excluding hydrogens is 366 g/mol. The van der Waals surface area contributed by atoms with Gasteiger partial charge in [-0.25, -0.2) is 0 Å². The standard InChI is InChI=1S/C9H13.C7H14N.C6H7Si.CH3.Ti/c1-6-5-7(2)9(4)8(6)3;8-7-5-3-1-2-4-6-7;7-6-4-2-1-3-5-6;;/h6H,1-4H3;7-8H,1-6H2;1-5H,7H2;1H3;/q;-1;;;+1. The summed E-state index contributed by atoms with van der Waals surface area (Å²) in [7, 11) is -0.297. The summed E-state index contributed by atoms with van der Waals surface area (Å²) in [6.45, 7) is 9.61. The Morgan fingerprint density at radius 2 is 1.54 bits per heavy atom. The molecule has 1 aromatic carbocycles. The summed E-state index contributed by atoms with van der Waals surface area (Å²) < 4.78 is 6.30. The van der Waals surface area contributed by atoms with Crippen LogP contribution >= 0.6 is 0 Å². The van der Waals surface area contributed by atoms with Crippen molar-refractivity contribution in [3.63, 3.8) is 0 Å². The fraction of sp³-hybridized carbons (Fsp3) is 0.565. The van der Waals surface area contributed by atoms with Crippen molar-refractivity contribution in [1.82, 2.24) is 3.80 Å². The van der Waals surface area contributed by atoms with Crippen LogP contribution in [0.4, 0.5) is 0 Å². The molecule has 3 heteroatoms. The molecular formula is C23H37NSiTi. The van der Waals surface area contributed by atoms with Gasteiger partial charge in [-0.15, -0.1) is 0 Å². The van der Waals surface area contributed by atoms with Gasteiger partial charge >= 0.3 is 167 Å². The molecule has 0 aromatic heterocycles. The Bertz CT molecular complexity index is 685. The van der Waals surface area contributed by atoms with Crippen LogP contribution in [0, 0.1) is 5.92 Å². The van der Waals surface area contributed by atoms with Gasteiger partial charge in [-0.05, 0) is 0 Å². The molecule has 1 aromatic rings. The molecule has 2 atom stereocenters. The molecule has 0 saturated heterocycles. The van der Waals surface area contributed by atoms with Crippen molar-refractivity contribution >= 4 is 12.6 Å². The Morgan fingerprint density at radius 1 is 0.923 bits per heavy atom. The minimum atomic E-state index is -2.29. The van der Waals surface area contributed by atoms with E-state index in [4.69, 9.17) is 0 Å². The van der Waals surface area contributed by atoms with Gasteiger partial charge in [-0.2, -0.15) is 0 Å². The summed E-state index contributed by atoms with van der Waals surface area (Å²) in [5.74, 6) is 0.662. The topological polar surface area (TPSA) is 12.0 Å². The molecule has 1 N–H and O–H groups in total. The minimum absolute atomic E-state index is 0.297. The third-order valence-electron chi connectivity index (χ3n) is 7.01. The van der Waals surface area contributed by atoms with E-state index in [1.165, 1.54) is 38.5 Å². The van der Waals surface area contributed by atoms with Crippen molar-refractivity contribution in [3.8, 4) is 0 Å². The van der Waals surface area contributed by atoms with Gasteiger partial charge < -0.3 is 0 Å². The van der Waals surface area contributed by atoms with E-state index in [-0.39, 0.29) is 7.39 Å². The van der Waals surface area contributed by atoms with Crippen LogP contribution in [0.25, 0.3) is 0 Å². The van der Waals surface area contributed by atoms with Gasteiger partial charge in [0.15, 0.2) is 0 Å². The molecule has 0 radical (unpaired) electrons. The second-order valence-electron chi connectivity index (χ2n) is 8.90. The molecule has 1 saturated carbocycles. The van der Waals surface area contributed by atoms with E-state index >= 15 is 0 Å². The summed E-state index contributed by atoms with van der Waals surface area (Å²) in [6.07, 6.45) is 8.53. The summed E-state index contributed by atoms with van der Waals surface area (Å²) in [6, 6.07) is 12.2. The Morgan fingerprint density at radius 3 is 2.08 bits per heavy atom. The van der Waals surface area contributed by atoms with Crippen LogP contribution in [0.1, 0.15) is 66.2 Å². The van der Waals surface area contributed by atoms with Crippen LogP contribution in [0.3, 0.4) is 0 Å². The zero-order valence-corrected chi connectivity index (χ0v) is 20.5. The monoisotopic (exact) mass is 403 g/mol. The molecule has 26 heavy (non-hydrogen) atoms. The molecule has 1 nitrogen and oxygen atoms in total. The molecule has 0 bridgehead atoms. The molecule has 0 aliphatic heterocycles. The van der Waals surface area contributed by atoms with Crippen molar-refractivity contribution in [3.05, 3.63) is 50.9 Å². The number of allylic oxidation sites excluding steroid dienone is 4. The second-order valence-corrected chi connectivity index (χ2v) is 23.0. The van der Waals surface area contributed by atoms with Crippen molar-refractivity contribution in [2.75, 3.05) is 0 Å². The average molecular weight is 404 g/mol. The summed E-state index contributed by atoms with van der Waals surface area (Å²) in [5.41, 5.74) is 4.84. The van der Waals surface area contributed by atoms with Crippen LogP contribution < -0.4 is 8.99 Å². The quantitative estimate of drug-likeness (QED) is 0.534. The van der Waals surface area contributed by atoms with Crippen molar-refractivity contribution < 1.29 is 16.1 Å². The van der Waals surface area contributed by atoms with Gasteiger partial charge in [-0.3, -0.25) is 0 Å². The van der Waals surface area contributed by atoms with Crippen LogP contribution in [-0.2, 0) is 16.1 Å². The Balaban J connectivity index is 1.93. The first-order valence-corrected chi connectivity index (χ1v) is 18.5. The maximum absolute atomic E-state index is 4.43. The first-order chi connectivity index (χ1) is 12.4. The Kier molecular flexibility index (Phi) is 6.83. The van der Waals surface area contributed by atoms with Gasteiger partial charge in [0, 0.05) is 0 Å². The summed E-state index contributed by atoms with van der Waals surface area (Å²) in [4.78, 5) is 0. The molecule has 2 aliphatic carbocycles. The maximum atomic E-state index is 4.43. The predicted molar refractivity (Wildman–Crippen MR) is 115 cm³/mol. The molecule has 1 fully saturated rings. The zero-order chi connectivity index (χ0) is 18.7. The number of hydrogen-bond acceptors (Lipinski definition) is 1. The fourth-order valence-corrected chi connectivity index (χ4v) is 22.3. The first-order valence-electron chi connectivity index (χ1n) is 10.6. The number of nitrogens with one attached hydrogen (secondary N) is 1. The number of hydrogen-bond donors (Lipinski definition) is 1. The van der Waals surface area contributed by atoms with E-state index in [0.29, 0.717) is 5.92 Å². The average Bonchev–Trinajstić information content (AvgIpc) is 2.82. The van der Waals surface area contributed by atoms with Crippen molar-refractivity contribution in [2.45, 2.75) is 77.5 Å². The van der Waals surface area contributed by atoms with Crippen LogP contribution in [-0.4, -0.2) is 13.4 Å². The zero-order valence-electron chi connectivity index (χ0n) is 17.5. The Hall–Kier alpha value is -0.409. The van der Waals surface area contributed by atoms with Crippen molar-refractivity contribution in [1.29, 1.82) is 0 Å². The third kappa shape index (κ3) is 4.35. The Labute approximate surface area is 166 Å². The molecule has 0 amide bonds. The third-order valence-corrected chi connectivity index (χ3v) is 21.0. The molecule has 2 aliphatic rings. The number of benzene rings is 1. The summed E-state index contributed by atoms with van der Waals surface area (Å²) in [5, 5.41) is 4.37. The van der Waals surface area contributed by atoms with Crippen molar-refractivity contribution in [2.24, 2.45) is 5.92 Å². The van der Waals surface area contributed by atoms with E-state index in [0.717, 1.165) is 6.04 Å². The van der Waals surface area contributed by atoms with Gasteiger partial charge in [0.05, 0.1) is 0 Å². The SMILES string of the molecule is CC1=C(C)C(C)[C]([Ti]([CH3])([NH]C2CCCCCC2)[SiH2]c2ccccc2)=C1C. The fourth-order valence-electron chi connectivity index (χ4n) is 5.36. The van der Waals surface area contributed by atoms with Gasteiger partial charge in [0.25, 0.3) is 0 Å². The predicted octanol–water partition coefficient (Wildman–Crippen LogP) is 5.09. The van der Waals surface area contributed by atoms with Crippen LogP contribution in [0.2, 0.25) is 5.23 Å². The summed E-state index contributed by atoms with van der Waals surface area (Å²) >= 11 is -2.29. The second kappa shape index (κ2) is 8.73. The molecule has 3 rings (SSSR count). The van der Waals surface area contributed by atoms with Crippen LogP contribution in [0.5, 0.6) is 0 Å². The molecule has 0 spiro atoms. The van der Waals surface area contributed by atoms with Crippen LogP contribution in [0.15, 0.2) is 50.9 Å². The normalized spacial score (nSPS) is 25.2. The van der Waals surface area contributed by atoms with E-state index in [1.807, 2.05) is 3.88 Å². The molecule has 0 heterocycles. The van der Waals surface area contributed by atoms with Gasteiger partial charge in [0.2, 0.25) is 0 Å². The van der Waals surface area contributed by atoms with E-state index < -0.39 is 16.1 Å². The van der Waals surface area contributed by atoms with Gasteiger partial charge in [-0.1, -0.05) is 0 Å². The molecule has 2 unspecified atom stereocenters. The van der Waals surface area contributed by atoms with Gasteiger partial charge in [0.1, 0.15) is 0 Å². The van der Waals surface area contributed by atoms with E-state index in [2.05, 4.69) is 67.1 Å². The number of rotatable bonds is 5. The first kappa shape index (κ1) is 20.3. The van der Waals surface area contributed by atoms with E-state index in [1.54, 1.807) is 21.9 Å². The van der Waals surface area contributed by atoms with E-state index in [9.17, 15) is 0 Å².